The van der Waals surface area contributed by atoms with E-state index in [2.05, 4.69) is 0 Å². The Bertz CT molecular complexity index is 842. The van der Waals surface area contributed by atoms with Gasteiger partial charge in [0.15, 0.2) is 9.84 Å². The second-order valence-electron chi connectivity index (χ2n) is 5.35. The Labute approximate surface area is 144 Å². The Hall–Kier alpha value is -2.19. The average Bonchev–Trinajstić information content (AvgIpc) is 3.02. The van der Waals surface area contributed by atoms with Crippen LogP contribution in [0.15, 0.2) is 46.7 Å². The molecule has 2 rings (SSSR count). The molecule has 1 aromatic carbocycles. The van der Waals surface area contributed by atoms with Gasteiger partial charge in [-0.15, -0.1) is 11.3 Å². The lowest BCUT2D eigenvalue weighted by molar-refractivity contribution is -0.141. The third kappa shape index (κ3) is 4.21. The normalized spacial score (nSPS) is 12.6. The molecule has 0 aliphatic carbocycles. The molecule has 0 bridgehead atoms. The number of likely N-dealkylation sites (N-methyl/N-ethyl adjacent to an activating group) is 1. The Kier molecular flexibility index (Phi) is 5.40. The highest BCUT2D eigenvalue weighted by Crippen LogP contribution is 2.23. The molecular formula is C16H17NO5S2. The van der Waals surface area contributed by atoms with Crippen molar-refractivity contribution in [1.82, 2.24) is 4.90 Å². The molecule has 0 saturated heterocycles. The largest absolute Gasteiger partial charge is 0.480 e. The van der Waals surface area contributed by atoms with Crippen LogP contribution in [0.3, 0.4) is 0 Å². The van der Waals surface area contributed by atoms with Crippen LogP contribution in [0.1, 0.15) is 15.2 Å². The van der Waals surface area contributed by atoms with Gasteiger partial charge < -0.3 is 10.0 Å². The average molecular weight is 367 g/mol. The van der Waals surface area contributed by atoms with Gasteiger partial charge in [0.1, 0.15) is 10.3 Å². The molecular weight excluding hydrogens is 350 g/mol. The van der Waals surface area contributed by atoms with Crippen molar-refractivity contribution in [3.05, 3.63) is 52.9 Å². The smallest absolute Gasteiger partial charge is 0.326 e. The molecule has 24 heavy (non-hydrogen) atoms. The van der Waals surface area contributed by atoms with Crippen LogP contribution in [0.25, 0.3) is 0 Å². The zero-order valence-corrected chi connectivity index (χ0v) is 14.8. The van der Waals surface area contributed by atoms with E-state index in [1.807, 2.05) is 6.07 Å². The standard InChI is InChI=1S/C16H17NO5S2/c1-17(12(16(19)20)10-11-6-4-3-5-7-11)15(18)13-8-9-14(23-13)24(2,21)22/h3-9,12H,10H2,1-2H3,(H,19,20). The number of sulfone groups is 1. The van der Waals surface area contributed by atoms with Crippen molar-refractivity contribution in [3.63, 3.8) is 0 Å². The topological polar surface area (TPSA) is 91.8 Å². The molecule has 1 atom stereocenters. The second kappa shape index (κ2) is 7.14. The molecule has 0 radical (unpaired) electrons. The monoisotopic (exact) mass is 367 g/mol. The molecule has 128 valence electrons. The van der Waals surface area contributed by atoms with Gasteiger partial charge in [-0.25, -0.2) is 13.2 Å². The quantitative estimate of drug-likeness (QED) is 0.842. The van der Waals surface area contributed by atoms with E-state index in [1.54, 1.807) is 24.3 Å². The molecule has 0 spiro atoms. The SMILES string of the molecule is CN(C(=O)c1ccc(S(C)(=O)=O)s1)C(Cc1ccccc1)C(=O)O. The van der Waals surface area contributed by atoms with E-state index in [0.29, 0.717) is 0 Å². The van der Waals surface area contributed by atoms with E-state index >= 15 is 0 Å². The van der Waals surface area contributed by atoms with Crippen molar-refractivity contribution in [2.45, 2.75) is 16.7 Å². The first-order valence-electron chi connectivity index (χ1n) is 7.04. The maximum absolute atomic E-state index is 12.5. The number of amides is 1. The van der Waals surface area contributed by atoms with Crippen LogP contribution in [0.2, 0.25) is 0 Å². The number of rotatable bonds is 6. The summed E-state index contributed by atoms with van der Waals surface area (Å²) < 4.78 is 23.1. The minimum absolute atomic E-state index is 0.0779. The number of carboxylic acid groups (broad SMARTS) is 1. The van der Waals surface area contributed by atoms with E-state index < -0.39 is 27.8 Å². The minimum atomic E-state index is -3.39. The molecule has 1 amide bonds. The van der Waals surface area contributed by atoms with Crippen molar-refractivity contribution in [2.75, 3.05) is 13.3 Å². The summed E-state index contributed by atoms with van der Waals surface area (Å²) in [5.74, 6) is -1.63. The Morgan fingerprint density at radius 3 is 2.29 bits per heavy atom. The van der Waals surface area contributed by atoms with Gasteiger partial charge in [-0.1, -0.05) is 30.3 Å². The summed E-state index contributed by atoms with van der Waals surface area (Å²) in [5, 5.41) is 9.45. The van der Waals surface area contributed by atoms with Crippen LogP contribution >= 0.6 is 11.3 Å². The number of aliphatic carboxylic acids is 1. The maximum atomic E-state index is 12.5. The fourth-order valence-corrected chi connectivity index (χ4v) is 4.09. The summed E-state index contributed by atoms with van der Waals surface area (Å²) in [5.41, 5.74) is 0.799. The molecule has 0 fully saturated rings. The summed E-state index contributed by atoms with van der Waals surface area (Å²) in [6.07, 6.45) is 1.23. The number of thiophene rings is 1. The first-order valence-corrected chi connectivity index (χ1v) is 9.74. The van der Waals surface area contributed by atoms with Crippen molar-refractivity contribution < 1.29 is 23.1 Å². The zero-order chi connectivity index (χ0) is 17.9. The van der Waals surface area contributed by atoms with E-state index in [9.17, 15) is 23.1 Å². The fourth-order valence-electron chi connectivity index (χ4n) is 2.18. The Balaban J connectivity index is 2.23. The first-order chi connectivity index (χ1) is 11.2. The molecule has 1 aromatic heterocycles. The molecule has 8 heteroatoms. The van der Waals surface area contributed by atoms with Gasteiger partial charge in [0.2, 0.25) is 0 Å². The number of carbonyl (C=O) groups is 2. The van der Waals surface area contributed by atoms with Gasteiger partial charge in [-0.05, 0) is 17.7 Å². The lowest BCUT2D eigenvalue weighted by Crippen LogP contribution is -2.43. The number of nitrogens with zero attached hydrogens (tertiary/aromatic N) is 1. The lowest BCUT2D eigenvalue weighted by Gasteiger charge is -2.24. The summed E-state index contributed by atoms with van der Waals surface area (Å²) in [4.78, 5) is 25.4. The van der Waals surface area contributed by atoms with Crippen LogP contribution in [0.4, 0.5) is 0 Å². The highest BCUT2D eigenvalue weighted by molar-refractivity contribution is 7.92. The molecule has 1 unspecified atom stereocenters. The van der Waals surface area contributed by atoms with Crippen molar-refractivity contribution >= 4 is 33.1 Å². The van der Waals surface area contributed by atoms with Gasteiger partial charge in [-0.2, -0.15) is 0 Å². The maximum Gasteiger partial charge on any atom is 0.326 e. The van der Waals surface area contributed by atoms with E-state index in [1.165, 1.54) is 19.2 Å². The van der Waals surface area contributed by atoms with Gasteiger partial charge in [0.25, 0.3) is 5.91 Å². The number of carboxylic acids is 1. The van der Waals surface area contributed by atoms with Crippen LogP contribution < -0.4 is 0 Å². The Morgan fingerprint density at radius 2 is 1.79 bits per heavy atom. The number of hydrogen-bond donors (Lipinski definition) is 1. The molecule has 0 aliphatic heterocycles. The third-order valence-corrected chi connectivity index (χ3v) is 6.40. The summed E-state index contributed by atoms with van der Waals surface area (Å²) in [6.45, 7) is 0. The van der Waals surface area contributed by atoms with Crippen molar-refractivity contribution in [3.8, 4) is 0 Å². The molecule has 2 aromatic rings. The Morgan fingerprint density at radius 1 is 1.17 bits per heavy atom. The van der Waals surface area contributed by atoms with Crippen LogP contribution in [-0.4, -0.2) is 49.6 Å². The van der Waals surface area contributed by atoms with Crippen LogP contribution in [0, 0.1) is 0 Å². The molecule has 0 aliphatic rings. The van der Waals surface area contributed by atoms with Gasteiger partial charge in [-0.3, -0.25) is 4.79 Å². The lowest BCUT2D eigenvalue weighted by atomic mass is 10.0. The fraction of sp³-hybridized carbons (Fsp3) is 0.250. The second-order valence-corrected chi connectivity index (χ2v) is 8.68. The predicted octanol–water partition coefficient (Wildman–Crippen LogP) is 1.92. The van der Waals surface area contributed by atoms with E-state index in [-0.39, 0.29) is 15.5 Å². The van der Waals surface area contributed by atoms with E-state index in [0.717, 1.165) is 28.1 Å². The first kappa shape index (κ1) is 18.2. The van der Waals surface area contributed by atoms with Gasteiger partial charge in [0, 0.05) is 19.7 Å². The van der Waals surface area contributed by atoms with Crippen LogP contribution in [0.5, 0.6) is 0 Å². The van der Waals surface area contributed by atoms with Crippen LogP contribution in [-0.2, 0) is 21.1 Å². The molecule has 0 saturated carbocycles. The third-order valence-electron chi connectivity index (χ3n) is 3.50. The summed E-state index contributed by atoms with van der Waals surface area (Å²) in [7, 11) is -1.99. The number of benzene rings is 1. The van der Waals surface area contributed by atoms with Gasteiger partial charge >= 0.3 is 5.97 Å². The molecule has 6 nitrogen and oxygen atoms in total. The molecule has 1 N–H and O–H groups in total. The summed E-state index contributed by atoms with van der Waals surface area (Å²) in [6, 6.07) is 10.7. The van der Waals surface area contributed by atoms with E-state index in [4.69, 9.17) is 0 Å². The molecule has 1 heterocycles. The minimum Gasteiger partial charge on any atom is -0.480 e. The summed E-state index contributed by atoms with van der Waals surface area (Å²) >= 11 is 0.840. The number of carbonyl (C=O) groups excluding carboxylic acids is 1. The zero-order valence-electron chi connectivity index (χ0n) is 13.2. The van der Waals surface area contributed by atoms with Crippen molar-refractivity contribution in [2.24, 2.45) is 0 Å². The highest BCUT2D eigenvalue weighted by Gasteiger charge is 2.28. The number of hydrogen-bond acceptors (Lipinski definition) is 5. The predicted molar refractivity (Wildman–Crippen MR) is 91.1 cm³/mol. The van der Waals surface area contributed by atoms with Crippen molar-refractivity contribution in [1.29, 1.82) is 0 Å². The highest BCUT2D eigenvalue weighted by atomic mass is 32.2. The van der Waals surface area contributed by atoms with Gasteiger partial charge in [0.05, 0.1) is 4.88 Å².